The van der Waals surface area contributed by atoms with Crippen molar-refractivity contribution in [2.75, 3.05) is 5.75 Å². The zero-order valence-corrected chi connectivity index (χ0v) is 9.15. The normalized spacial score (nSPS) is 18.2. The molecule has 0 bridgehead atoms. The van der Waals surface area contributed by atoms with E-state index in [9.17, 15) is 0 Å². The Morgan fingerprint density at radius 2 is 1.83 bits per heavy atom. The van der Waals surface area contributed by atoms with Crippen molar-refractivity contribution in [1.82, 2.24) is 0 Å². The molecule has 0 saturated heterocycles. The smallest absolute Gasteiger partial charge is 0.00388 e. The molecule has 0 aliphatic heterocycles. The summed E-state index contributed by atoms with van der Waals surface area (Å²) in [6, 6.07) is 0.536. The summed E-state index contributed by atoms with van der Waals surface area (Å²) in [5.74, 6) is 1.04. The number of unbranched alkanes of at least 4 members (excludes halogenated alkanes) is 1. The van der Waals surface area contributed by atoms with Crippen molar-refractivity contribution in [3.05, 3.63) is 0 Å². The second-order valence-electron chi connectivity index (χ2n) is 3.48. The molecule has 1 aliphatic rings. The van der Waals surface area contributed by atoms with Gasteiger partial charge in [0.05, 0.1) is 0 Å². The van der Waals surface area contributed by atoms with Crippen LogP contribution in [0.3, 0.4) is 0 Å². The quantitative estimate of drug-likeness (QED) is 0.642. The molecule has 0 aromatic carbocycles. The van der Waals surface area contributed by atoms with Crippen LogP contribution in [0.5, 0.6) is 0 Å². The highest BCUT2D eigenvalue weighted by molar-refractivity contribution is 7.80. The lowest BCUT2D eigenvalue weighted by atomic mass is 9.97. The second-order valence-corrected chi connectivity index (χ2v) is 3.92. The van der Waals surface area contributed by atoms with Crippen molar-refractivity contribution in [1.29, 1.82) is 0 Å². The van der Waals surface area contributed by atoms with Crippen LogP contribution in [0.2, 0.25) is 0 Å². The van der Waals surface area contributed by atoms with Crippen LogP contribution in [-0.4, -0.2) is 11.8 Å². The number of nitrogens with two attached hydrogens (primary N) is 1. The molecule has 2 heteroatoms. The third-order valence-electron chi connectivity index (χ3n) is 2.16. The van der Waals surface area contributed by atoms with Crippen LogP contribution in [0.4, 0.5) is 0 Å². The van der Waals surface area contributed by atoms with Crippen LogP contribution in [0.1, 0.15) is 51.9 Å². The zero-order chi connectivity index (χ0) is 9.23. The highest BCUT2D eigenvalue weighted by Gasteiger charge is 2.06. The second kappa shape index (κ2) is 9.40. The van der Waals surface area contributed by atoms with E-state index in [1.54, 1.807) is 0 Å². The fourth-order valence-electron chi connectivity index (χ4n) is 1.29. The van der Waals surface area contributed by atoms with E-state index in [-0.39, 0.29) is 0 Å². The predicted molar refractivity (Wildman–Crippen MR) is 59.8 cm³/mol. The molecule has 12 heavy (non-hydrogen) atoms. The summed E-state index contributed by atoms with van der Waals surface area (Å²) in [4.78, 5) is 0. The summed E-state index contributed by atoms with van der Waals surface area (Å²) >= 11 is 4.00. The molecule has 0 amide bonds. The number of thiol groups is 1. The van der Waals surface area contributed by atoms with Crippen molar-refractivity contribution >= 4 is 12.6 Å². The minimum atomic E-state index is 0.536. The first-order chi connectivity index (χ1) is 5.81. The Hall–Kier alpha value is 0.310. The van der Waals surface area contributed by atoms with Gasteiger partial charge in [-0.25, -0.2) is 0 Å². The summed E-state index contributed by atoms with van der Waals surface area (Å²) in [5.41, 5.74) is 5.63. The Morgan fingerprint density at radius 3 is 2.00 bits per heavy atom. The lowest BCUT2D eigenvalue weighted by Crippen LogP contribution is -2.22. The molecule has 0 unspecified atom stereocenters. The molecular weight excluding hydrogens is 166 g/mol. The van der Waals surface area contributed by atoms with Crippen LogP contribution < -0.4 is 5.73 Å². The van der Waals surface area contributed by atoms with Gasteiger partial charge in [0.15, 0.2) is 0 Å². The molecule has 1 saturated carbocycles. The van der Waals surface area contributed by atoms with Gasteiger partial charge in [-0.15, -0.1) is 0 Å². The van der Waals surface area contributed by atoms with E-state index in [1.165, 1.54) is 44.9 Å². The average Bonchev–Trinajstić information content (AvgIpc) is 2.08. The van der Waals surface area contributed by atoms with Gasteiger partial charge in [0.25, 0.3) is 0 Å². The lowest BCUT2D eigenvalue weighted by Gasteiger charge is -2.15. The van der Waals surface area contributed by atoms with Crippen molar-refractivity contribution in [3.63, 3.8) is 0 Å². The third-order valence-corrected chi connectivity index (χ3v) is 2.48. The molecular formula is C10H23NS. The lowest BCUT2D eigenvalue weighted by molar-refractivity contribution is 0.441. The van der Waals surface area contributed by atoms with Gasteiger partial charge in [0.1, 0.15) is 0 Å². The Balaban J connectivity index is 0.000000217. The van der Waals surface area contributed by atoms with E-state index in [0.717, 1.165) is 5.75 Å². The highest BCUT2D eigenvalue weighted by Crippen LogP contribution is 2.14. The standard InChI is InChI=1S/C6H13N.C4H10S/c7-6-4-2-1-3-5-6;1-2-3-4-5/h6H,1-5,7H2;5H,2-4H2,1H3. The van der Waals surface area contributed by atoms with Gasteiger partial charge in [-0.1, -0.05) is 32.6 Å². The van der Waals surface area contributed by atoms with Crippen molar-refractivity contribution < 1.29 is 0 Å². The van der Waals surface area contributed by atoms with Crippen LogP contribution >= 0.6 is 12.6 Å². The maximum absolute atomic E-state index is 5.63. The van der Waals surface area contributed by atoms with E-state index in [4.69, 9.17) is 5.73 Å². The fourth-order valence-corrected chi connectivity index (χ4v) is 1.61. The van der Waals surface area contributed by atoms with Crippen LogP contribution in [0.25, 0.3) is 0 Å². The first kappa shape index (κ1) is 12.3. The van der Waals surface area contributed by atoms with Gasteiger partial charge in [0, 0.05) is 6.04 Å². The van der Waals surface area contributed by atoms with E-state index in [1.807, 2.05) is 0 Å². The summed E-state index contributed by atoms with van der Waals surface area (Å²) < 4.78 is 0. The summed E-state index contributed by atoms with van der Waals surface area (Å²) in [6.45, 7) is 2.16. The number of hydrogen-bond donors (Lipinski definition) is 2. The monoisotopic (exact) mass is 189 g/mol. The molecule has 0 heterocycles. The zero-order valence-electron chi connectivity index (χ0n) is 8.26. The fraction of sp³-hybridized carbons (Fsp3) is 1.00. The Morgan fingerprint density at radius 1 is 1.25 bits per heavy atom. The molecule has 1 rings (SSSR count). The number of hydrogen-bond acceptors (Lipinski definition) is 2. The topological polar surface area (TPSA) is 26.0 Å². The van der Waals surface area contributed by atoms with E-state index < -0.39 is 0 Å². The molecule has 2 N–H and O–H groups in total. The molecule has 0 aromatic heterocycles. The van der Waals surface area contributed by atoms with Crippen molar-refractivity contribution in [2.24, 2.45) is 5.73 Å². The minimum Gasteiger partial charge on any atom is -0.328 e. The van der Waals surface area contributed by atoms with E-state index in [0.29, 0.717) is 6.04 Å². The van der Waals surface area contributed by atoms with Crippen molar-refractivity contribution in [2.45, 2.75) is 57.9 Å². The largest absolute Gasteiger partial charge is 0.328 e. The summed E-state index contributed by atoms with van der Waals surface area (Å²) in [7, 11) is 0. The number of rotatable bonds is 2. The average molecular weight is 189 g/mol. The summed E-state index contributed by atoms with van der Waals surface area (Å²) in [5, 5.41) is 0. The molecule has 0 aromatic rings. The van der Waals surface area contributed by atoms with Gasteiger partial charge in [-0.3, -0.25) is 0 Å². The van der Waals surface area contributed by atoms with Crippen LogP contribution in [0, 0.1) is 0 Å². The van der Waals surface area contributed by atoms with Gasteiger partial charge in [-0.05, 0) is 25.0 Å². The molecule has 0 atom stereocenters. The SMILES string of the molecule is CCCCS.NC1CCCCC1. The maximum atomic E-state index is 5.63. The maximum Gasteiger partial charge on any atom is 0.00388 e. The highest BCUT2D eigenvalue weighted by atomic mass is 32.1. The Bertz CT molecular complexity index is 77.9. The van der Waals surface area contributed by atoms with E-state index in [2.05, 4.69) is 19.6 Å². The van der Waals surface area contributed by atoms with Crippen molar-refractivity contribution in [3.8, 4) is 0 Å². The minimum absolute atomic E-state index is 0.536. The van der Waals surface area contributed by atoms with E-state index >= 15 is 0 Å². The molecule has 0 spiro atoms. The van der Waals surface area contributed by atoms with Gasteiger partial charge >= 0.3 is 0 Å². The van der Waals surface area contributed by atoms with Crippen LogP contribution in [0.15, 0.2) is 0 Å². The first-order valence-corrected chi connectivity index (χ1v) is 5.81. The molecule has 1 nitrogen and oxygen atoms in total. The Labute approximate surface area is 82.5 Å². The van der Waals surface area contributed by atoms with Gasteiger partial charge < -0.3 is 5.73 Å². The molecule has 1 fully saturated rings. The summed E-state index contributed by atoms with van der Waals surface area (Å²) in [6.07, 6.45) is 9.18. The Kier molecular flexibility index (Phi) is 9.64. The molecule has 1 aliphatic carbocycles. The van der Waals surface area contributed by atoms with Gasteiger partial charge in [-0.2, -0.15) is 12.6 Å². The third kappa shape index (κ3) is 8.41. The van der Waals surface area contributed by atoms with Crippen LogP contribution in [-0.2, 0) is 0 Å². The molecule has 74 valence electrons. The first-order valence-electron chi connectivity index (χ1n) is 5.17. The predicted octanol–water partition coefficient (Wildman–Crippen LogP) is 2.99. The van der Waals surface area contributed by atoms with Gasteiger partial charge in [0.2, 0.25) is 0 Å². The molecule has 0 radical (unpaired) electrons.